The third kappa shape index (κ3) is 3.80. The zero-order valence-corrected chi connectivity index (χ0v) is 21.3. The maximum atomic E-state index is 12.5. The second-order valence-corrected chi connectivity index (χ2v) is 9.38. The quantitative estimate of drug-likeness (QED) is 0.364. The van der Waals surface area contributed by atoms with Crippen LogP contribution in [-0.4, -0.2) is 30.0 Å². The minimum absolute atomic E-state index is 0.182. The van der Waals surface area contributed by atoms with Crippen molar-refractivity contribution >= 4 is 54.8 Å². The van der Waals surface area contributed by atoms with Crippen molar-refractivity contribution in [2.45, 2.75) is 13.8 Å². The molecule has 0 amide bonds. The van der Waals surface area contributed by atoms with Crippen LogP contribution in [0.3, 0.4) is 0 Å². The molecule has 0 atom stereocenters. The van der Waals surface area contributed by atoms with Crippen LogP contribution in [0.2, 0.25) is 0 Å². The standard InChI is InChI=1S/C22H19Br2N5O4/c1-10-5-14(24)16(6-11(10)2)29-20(31)12(19(30)26-21(29)32)9-25-15-8-18-17(7-13(15)23)27(3)22(33)28(18)4/h5-9,31H,1-4H3,(H,26,30,32). The molecule has 0 spiro atoms. The number of benzene rings is 2. The van der Waals surface area contributed by atoms with Crippen molar-refractivity contribution in [3.05, 3.63) is 81.2 Å². The van der Waals surface area contributed by atoms with E-state index >= 15 is 0 Å². The van der Waals surface area contributed by atoms with Crippen LogP contribution >= 0.6 is 31.9 Å². The number of hydrogen-bond donors (Lipinski definition) is 2. The summed E-state index contributed by atoms with van der Waals surface area (Å²) in [6.45, 7) is 3.81. The van der Waals surface area contributed by atoms with E-state index in [1.54, 1.807) is 32.3 Å². The number of H-pyrrole nitrogens is 1. The second-order valence-electron chi connectivity index (χ2n) is 7.67. The molecular formula is C22H19Br2N5O4. The van der Waals surface area contributed by atoms with E-state index in [2.05, 4.69) is 41.8 Å². The zero-order chi connectivity index (χ0) is 24.2. The molecule has 0 bridgehead atoms. The Morgan fingerprint density at radius 3 is 2.21 bits per heavy atom. The molecule has 2 aromatic carbocycles. The van der Waals surface area contributed by atoms with Gasteiger partial charge >= 0.3 is 11.4 Å². The van der Waals surface area contributed by atoms with Gasteiger partial charge in [0.1, 0.15) is 5.56 Å². The van der Waals surface area contributed by atoms with E-state index in [0.29, 0.717) is 31.4 Å². The lowest BCUT2D eigenvalue weighted by Crippen LogP contribution is -2.31. The van der Waals surface area contributed by atoms with Crippen LogP contribution in [0.4, 0.5) is 5.69 Å². The number of hydrogen-bond acceptors (Lipinski definition) is 5. The van der Waals surface area contributed by atoms with Gasteiger partial charge in [0.2, 0.25) is 5.88 Å². The lowest BCUT2D eigenvalue weighted by atomic mass is 10.1. The summed E-state index contributed by atoms with van der Waals surface area (Å²) in [5, 5.41) is 10.9. The van der Waals surface area contributed by atoms with Crippen molar-refractivity contribution in [3.63, 3.8) is 0 Å². The molecule has 4 rings (SSSR count). The molecule has 0 saturated heterocycles. The molecule has 2 heterocycles. The fourth-order valence-electron chi connectivity index (χ4n) is 3.56. The number of aryl methyl sites for hydroxylation is 4. The summed E-state index contributed by atoms with van der Waals surface area (Å²) in [4.78, 5) is 43.8. The summed E-state index contributed by atoms with van der Waals surface area (Å²) in [5.74, 6) is -0.541. The van der Waals surface area contributed by atoms with Crippen molar-refractivity contribution in [2.24, 2.45) is 19.1 Å². The molecular weight excluding hydrogens is 558 g/mol. The number of nitrogens with one attached hydrogen (secondary N) is 1. The van der Waals surface area contributed by atoms with Gasteiger partial charge in [-0.3, -0.25) is 23.9 Å². The van der Waals surface area contributed by atoms with Gasteiger partial charge in [-0.2, -0.15) is 0 Å². The Bertz CT molecular complexity index is 1660. The monoisotopic (exact) mass is 575 g/mol. The number of aromatic hydroxyl groups is 1. The Labute approximate surface area is 203 Å². The van der Waals surface area contributed by atoms with Gasteiger partial charge in [0.25, 0.3) is 5.56 Å². The molecule has 33 heavy (non-hydrogen) atoms. The first-order valence-corrected chi connectivity index (χ1v) is 11.3. The second kappa shape index (κ2) is 8.31. The Morgan fingerprint density at radius 2 is 1.55 bits per heavy atom. The van der Waals surface area contributed by atoms with Crippen LogP contribution in [0, 0.1) is 13.8 Å². The predicted octanol–water partition coefficient (Wildman–Crippen LogP) is 3.31. The Kier molecular flexibility index (Phi) is 5.79. The predicted molar refractivity (Wildman–Crippen MR) is 135 cm³/mol. The highest BCUT2D eigenvalue weighted by molar-refractivity contribution is 9.11. The molecule has 0 saturated carbocycles. The largest absolute Gasteiger partial charge is 0.493 e. The van der Waals surface area contributed by atoms with Gasteiger partial charge in [0.05, 0.1) is 22.4 Å². The van der Waals surface area contributed by atoms with E-state index in [-0.39, 0.29) is 11.3 Å². The van der Waals surface area contributed by atoms with Gasteiger partial charge in [0.15, 0.2) is 0 Å². The molecule has 2 N–H and O–H groups in total. The molecule has 0 unspecified atom stereocenters. The zero-order valence-electron chi connectivity index (χ0n) is 18.1. The minimum Gasteiger partial charge on any atom is -0.493 e. The summed E-state index contributed by atoms with van der Waals surface area (Å²) < 4.78 is 5.19. The average molecular weight is 577 g/mol. The summed E-state index contributed by atoms with van der Waals surface area (Å²) in [6.07, 6.45) is 1.19. The number of aromatic amines is 1. The van der Waals surface area contributed by atoms with Crippen molar-refractivity contribution in [1.29, 1.82) is 0 Å². The summed E-state index contributed by atoms with van der Waals surface area (Å²) in [6, 6.07) is 7.01. The van der Waals surface area contributed by atoms with Crippen LogP contribution in [0.1, 0.15) is 16.7 Å². The van der Waals surface area contributed by atoms with Crippen LogP contribution in [-0.2, 0) is 14.1 Å². The maximum Gasteiger partial charge on any atom is 0.335 e. The highest BCUT2D eigenvalue weighted by atomic mass is 79.9. The van der Waals surface area contributed by atoms with E-state index in [9.17, 15) is 19.5 Å². The third-order valence-electron chi connectivity index (χ3n) is 5.60. The average Bonchev–Trinajstić information content (AvgIpc) is 2.95. The molecule has 11 heteroatoms. The molecule has 0 aliphatic carbocycles. The van der Waals surface area contributed by atoms with Crippen molar-refractivity contribution < 1.29 is 5.11 Å². The van der Waals surface area contributed by atoms with Crippen molar-refractivity contribution in [2.75, 3.05) is 0 Å². The molecule has 0 fully saturated rings. The number of rotatable bonds is 3. The lowest BCUT2D eigenvalue weighted by molar-refractivity contribution is 0.430. The molecule has 2 aromatic heterocycles. The molecule has 0 aliphatic heterocycles. The number of aromatic nitrogens is 4. The van der Waals surface area contributed by atoms with Gasteiger partial charge in [-0.15, -0.1) is 0 Å². The maximum absolute atomic E-state index is 12.5. The summed E-state index contributed by atoms with van der Waals surface area (Å²) in [5.41, 5.74) is 2.17. The Morgan fingerprint density at radius 1 is 0.939 bits per heavy atom. The Hall–Kier alpha value is -3.18. The lowest BCUT2D eigenvalue weighted by Gasteiger charge is -2.13. The molecule has 4 aromatic rings. The van der Waals surface area contributed by atoms with Gasteiger partial charge in [-0.1, -0.05) is 0 Å². The first-order valence-electron chi connectivity index (χ1n) is 9.75. The number of imidazole rings is 1. The minimum atomic E-state index is -0.777. The van der Waals surface area contributed by atoms with Crippen molar-refractivity contribution in [1.82, 2.24) is 18.7 Å². The molecule has 0 radical (unpaired) electrons. The van der Waals surface area contributed by atoms with Crippen LogP contribution in [0.5, 0.6) is 5.88 Å². The number of nitrogens with zero attached hydrogens (tertiary/aromatic N) is 4. The van der Waals surface area contributed by atoms with Crippen LogP contribution < -0.4 is 16.9 Å². The summed E-state index contributed by atoms with van der Waals surface area (Å²) >= 11 is 6.85. The number of halogens is 2. The van der Waals surface area contributed by atoms with E-state index in [1.165, 1.54) is 15.3 Å². The molecule has 0 aliphatic rings. The van der Waals surface area contributed by atoms with E-state index in [4.69, 9.17) is 0 Å². The fraction of sp³-hybridized carbons (Fsp3) is 0.182. The topological polar surface area (TPSA) is 114 Å². The van der Waals surface area contributed by atoms with Gasteiger partial charge in [-0.05, 0) is 81.1 Å². The number of fused-ring (bicyclic) bond motifs is 1. The van der Waals surface area contributed by atoms with Gasteiger partial charge in [0, 0.05) is 29.3 Å². The normalized spacial score (nSPS) is 11.7. The van der Waals surface area contributed by atoms with Crippen molar-refractivity contribution in [3.8, 4) is 11.6 Å². The smallest absolute Gasteiger partial charge is 0.335 e. The van der Waals surface area contributed by atoms with Gasteiger partial charge < -0.3 is 5.11 Å². The summed E-state index contributed by atoms with van der Waals surface area (Å²) in [7, 11) is 3.33. The Balaban J connectivity index is 1.89. The first kappa shape index (κ1) is 23.0. The van der Waals surface area contributed by atoms with E-state index in [0.717, 1.165) is 15.7 Å². The van der Waals surface area contributed by atoms with Gasteiger partial charge in [-0.25, -0.2) is 14.2 Å². The highest BCUT2D eigenvalue weighted by Gasteiger charge is 2.17. The SMILES string of the molecule is Cc1cc(Br)c(-n2c(O)c(C=Nc3cc4c(cc3Br)n(C)c(=O)n4C)c(=O)[nH]c2=O)cc1C. The van der Waals surface area contributed by atoms with Crippen LogP contribution in [0.25, 0.3) is 16.7 Å². The highest BCUT2D eigenvalue weighted by Crippen LogP contribution is 2.31. The van der Waals surface area contributed by atoms with E-state index < -0.39 is 17.1 Å². The number of aliphatic imine (C=N–C) groups is 1. The van der Waals surface area contributed by atoms with Crippen LogP contribution in [0.15, 0.2) is 52.6 Å². The molecule has 9 nitrogen and oxygen atoms in total. The third-order valence-corrected chi connectivity index (χ3v) is 6.87. The first-order chi connectivity index (χ1) is 15.5. The van der Waals surface area contributed by atoms with E-state index in [1.807, 2.05) is 19.9 Å². The molecule has 170 valence electrons. The fourth-order valence-corrected chi connectivity index (χ4v) is 4.63.